The first-order valence-corrected chi connectivity index (χ1v) is 13.3. The van der Waals surface area contributed by atoms with E-state index in [0.29, 0.717) is 6.04 Å². The second kappa shape index (κ2) is 11.5. The van der Waals surface area contributed by atoms with Crippen LogP contribution in [-0.2, 0) is 30.3 Å². The van der Waals surface area contributed by atoms with Crippen LogP contribution in [0.2, 0.25) is 0 Å². The molecule has 0 saturated heterocycles. The Labute approximate surface area is 239 Å². The van der Waals surface area contributed by atoms with Crippen molar-refractivity contribution in [3.63, 3.8) is 0 Å². The van der Waals surface area contributed by atoms with Gasteiger partial charge in [-0.2, -0.15) is 5.70 Å². The van der Waals surface area contributed by atoms with Gasteiger partial charge in [-0.15, -0.1) is 29.6 Å². The predicted molar refractivity (Wildman–Crippen MR) is 153 cm³/mol. The summed E-state index contributed by atoms with van der Waals surface area (Å²) in [5.41, 5.74) is 6.90. The van der Waals surface area contributed by atoms with Crippen molar-refractivity contribution in [1.82, 2.24) is 9.97 Å². The molecule has 0 spiro atoms. The van der Waals surface area contributed by atoms with Crippen LogP contribution in [0.15, 0.2) is 60.7 Å². The molecule has 0 bridgehead atoms. The zero-order chi connectivity index (χ0) is 26.2. The Kier molecular flexibility index (Phi) is 8.49. The average Bonchev–Trinajstić information content (AvgIpc) is 2.87. The first-order chi connectivity index (χ1) is 17.7. The van der Waals surface area contributed by atoms with Gasteiger partial charge in [-0.3, -0.25) is 14.8 Å². The van der Waals surface area contributed by atoms with Crippen LogP contribution >= 0.6 is 0 Å². The number of carbonyl (C=O) groups excluding carboxylic acids is 1. The number of allylic oxidation sites excluding steroid dienone is 2. The van der Waals surface area contributed by atoms with Crippen LogP contribution in [-0.4, -0.2) is 21.8 Å². The van der Waals surface area contributed by atoms with E-state index in [4.69, 9.17) is 4.98 Å². The maximum Gasteiger partial charge on any atom is 0.151 e. The fourth-order valence-electron chi connectivity index (χ4n) is 5.87. The maximum absolute atomic E-state index is 10.8. The second-order valence-corrected chi connectivity index (χ2v) is 11.0. The van der Waals surface area contributed by atoms with Gasteiger partial charge in [0.2, 0.25) is 0 Å². The van der Waals surface area contributed by atoms with Gasteiger partial charge >= 0.3 is 0 Å². The Morgan fingerprint density at radius 2 is 1.79 bits per heavy atom. The fraction of sp³-hybridized carbons (Fsp3) is 0.364. The first-order valence-electron chi connectivity index (χ1n) is 13.3. The number of pyridine rings is 2. The molecule has 38 heavy (non-hydrogen) atoms. The van der Waals surface area contributed by atoms with Crippen LogP contribution in [0.1, 0.15) is 76.5 Å². The van der Waals surface area contributed by atoms with Crippen LogP contribution < -0.4 is 0 Å². The molecule has 1 radical (unpaired) electrons. The van der Waals surface area contributed by atoms with Gasteiger partial charge in [0, 0.05) is 32.0 Å². The van der Waals surface area contributed by atoms with Crippen molar-refractivity contribution in [2.24, 2.45) is 0 Å². The number of benzene rings is 2. The van der Waals surface area contributed by atoms with Crippen LogP contribution in [0.4, 0.5) is 0 Å². The molecule has 0 atom stereocenters. The molecule has 1 saturated carbocycles. The predicted octanol–water partition coefficient (Wildman–Crippen LogP) is 8.38. The summed E-state index contributed by atoms with van der Waals surface area (Å²) < 4.78 is 0. The Balaban J connectivity index is 0.000000207. The number of aromatic nitrogens is 2. The Bertz CT molecular complexity index is 1520. The molecule has 0 unspecified atom stereocenters. The Morgan fingerprint density at radius 3 is 2.53 bits per heavy atom. The molecule has 1 fully saturated rings. The molecular weight excluding hydrogens is 647 g/mol. The molecule has 0 aliphatic heterocycles. The topological polar surface area (TPSA) is 57.0 Å². The van der Waals surface area contributed by atoms with Crippen LogP contribution in [0.3, 0.4) is 0 Å². The van der Waals surface area contributed by atoms with E-state index in [-0.39, 0.29) is 31.3 Å². The van der Waals surface area contributed by atoms with Crippen molar-refractivity contribution in [1.29, 1.82) is 0 Å². The van der Waals surface area contributed by atoms with Crippen LogP contribution in [0.25, 0.3) is 38.1 Å². The number of aryl methyl sites for hydroxylation is 1. The minimum atomic E-state index is -0.0871. The SMILES string of the molecule is CC(=O)/C=C(/C)[N-]C1CCCCC1.Cc1cc2c3c(nccc3c1)-c1[c-]c3ccncc3cc1C2(C)C.[Ir]. The summed E-state index contributed by atoms with van der Waals surface area (Å²) >= 11 is 0. The molecule has 0 amide bonds. The van der Waals surface area contributed by atoms with E-state index in [1.807, 2.05) is 31.6 Å². The van der Waals surface area contributed by atoms with E-state index >= 15 is 0 Å². The van der Waals surface area contributed by atoms with Gasteiger partial charge in [0.25, 0.3) is 0 Å². The molecule has 2 aromatic carbocycles. The van der Waals surface area contributed by atoms with Gasteiger partial charge in [0.05, 0.1) is 0 Å². The minimum absolute atomic E-state index is 0. The largest absolute Gasteiger partial charge is 0.685 e. The molecule has 5 heteroatoms. The van der Waals surface area contributed by atoms with Gasteiger partial charge in [-0.05, 0) is 60.1 Å². The summed E-state index contributed by atoms with van der Waals surface area (Å²) in [5, 5.41) is 9.27. The van der Waals surface area contributed by atoms with Crippen molar-refractivity contribution in [2.45, 2.75) is 78.2 Å². The zero-order valence-corrected chi connectivity index (χ0v) is 25.3. The average molecular weight is 682 g/mol. The van der Waals surface area contributed by atoms with E-state index in [9.17, 15) is 4.79 Å². The van der Waals surface area contributed by atoms with Crippen molar-refractivity contribution >= 4 is 27.3 Å². The van der Waals surface area contributed by atoms with Gasteiger partial charge < -0.3 is 5.32 Å². The number of fused-ring (bicyclic) bond motifs is 3. The smallest absolute Gasteiger partial charge is 0.151 e. The third-order valence-corrected chi connectivity index (χ3v) is 7.65. The molecule has 2 aromatic heterocycles. The van der Waals surface area contributed by atoms with E-state index in [1.165, 1.54) is 59.6 Å². The zero-order valence-electron chi connectivity index (χ0n) is 22.9. The van der Waals surface area contributed by atoms with Crippen molar-refractivity contribution in [3.05, 3.63) is 88.8 Å². The summed E-state index contributed by atoms with van der Waals surface area (Å²) in [4.78, 5) is 19.8. The molecule has 2 aliphatic rings. The summed E-state index contributed by atoms with van der Waals surface area (Å²) in [6, 6.07) is 15.0. The summed E-state index contributed by atoms with van der Waals surface area (Å²) in [6.07, 6.45) is 13.6. The summed E-state index contributed by atoms with van der Waals surface area (Å²) in [6.45, 7) is 10.2. The monoisotopic (exact) mass is 682 g/mol. The number of rotatable bonds is 3. The molecule has 4 nitrogen and oxygen atoms in total. The Hall–Kier alpha value is -2.88. The summed E-state index contributed by atoms with van der Waals surface area (Å²) in [5.74, 6) is 0.0945. The molecular formula is C33H35IrN3O-2. The van der Waals surface area contributed by atoms with Crippen molar-refractivity contribution in [3.8, 4) is 11.3 Å². The number of carbonyl (C=O) groups is 1. The van der Waals surface area contributed by atoms with Gasteiger partial charge in [0.1, 0.15) is 0 Å². The number of hydrogen-bond acceptors (Lipinski definition) is 3. The molecule has 6 rings (SSSR count). The molecule has 2 aliphatic carbocycles. The van der Waals surface area contributed by atoms with Crippen LogP contribution in [0.5, 0.6) is 0 Å². The van der Waals surface area contributed by atoms with E-state index in [1.54, 1.807) is 13.0 Å². The molecule has 199 valence electrons. The molecule has 4 aromatic rings. The standard InChI is InChI=1S/C22H17N2.C11H19NO.Ir/c1-13-8-15-5-7-24-21-17-10-14-4-6-23-12-16(14)11-18(17)22(2,3)19(9-13)20(15)21;1-9(8-10(2)13)12-11-6-4-3-5-7-11;/h4-9,11-12H,1-3H3;8,11H,3-7H2,1-2H3,(H,12,13);/q-1;;/p-1. The van der Waals surface area contributed by atoms with Gasteiger partial charge in [-0.25, -0.2) is 0 Å². The van der Waals surface area contributed by atoms with Crippen molar-refractivity contribution < 1.29 is 24.9 Å². The number of hydrogen-bond donors (Lipinski definition) is 0. The van der Waals surface area contributed by atoms with Crippen molar-refractivity contribution in [2.75, 3.05) is 0 Å². The quantitative estimate of drug-likeness (QED) is 0.161. The van der Waals surface area contributed by atoms with E-state index in [2.05, 4.69) is 61.4 Å². The number of nitrogens with zero attached hydrogens (tertiary/aromatic N) is 3. The maximum atomic E-state index is 10.8. The van der Waals surface area contributed by atoms with E-state index in [0.717, 1.165) is 27.7 Å². The first kappa shape index (κ1) is 28.1. The number of ketones is 1. The van der Waals surface area contributed by atoms with Crippen LogP contribution in [0, 0.1) is 13.0 Å². The van der Waals surface area contributed by atoms with Gasteiger partial charge in [-0.1, -0.05) is 87.1 Å². The summed E-state index contributed by atoms with van der Waals surface area (Å²) in [7, 11) is 0. The Morgan fingerprint density at radius 1 is 1.03 bits per heavy atom. The van der Waals surface area contributed by atoms with E-state index < -0.39 is 0 Å². The second-order valence-electron chi connectivity index (χ2n) is 11.0. The third kappa shape index (κ3) is 5.60. The van der Waals surface area contributed by atoms with Gasteiger partial charge in [0.15, 0.2) is 5.78 Å². The fourth-order valence-corrected chi connectivity index (χ4v) is 5.87. The normalized spacial score (nSPS) is 16.2. The third-order valence-electron chi connectivity index (χ3n) is 7.65. The molecule has 2 heterocycles. The minimum Gasteiger partial charge on any atom is -0.685 e. The molecule has 0 N–H and O–H groups in total.